The van der Waals surface area contributed by atoms with Crippen LogP contribution in [0.5, 0.6) is 0 Å². The molecule has 2 heterocycles. The molecule has 1 aliphatic carbocycles. The monoisotopic (exact) mass is 491 g/mol. The van der Waals surface area contributed by atoms with E-state index in [1.54, 1.807) is 6.92 Å². The van der Waals surface area contributed by atoms with Gasteiger partial charge in [-0.1, -0.05) is 48.5 Å². The minimum absolute atomic E-state index is 0.0258. The van der Waals surface area contributed by atoms with Crippen LogP contribution in [0.15, 0.2) is 48.5 Å². The van der Waals surface area contributed by atoms with Crippen molar-refractivity contribution in [2.45, 2.75) is 38.3 Å². The highest BCUT2D eigenvalue weighted by molar-refractivity contribution is 7.13. The molecule has 1 saturated heterocycles. The summed E-state index contributed by atoms with van der Waals surface area (Å²) in [5, 5.41) is 12.6. The summed E-state index contributed by atoms with van der Waals surface area (Å²) in [4.78, 5) is 43.0. The number of aliphatic carboxylic acids is 1. The molecule has 1 aromatic heterocycles. The third-order valence-corrected chi connectivity index (χ3v) is 7.71. The summed E-state index contributed by atoms with van der Waals surface area (Å²) in [5.41, 5.74) is 5.13. The Hall–Kier alpha value is -3.72. The molecule has 0 unspecified atom stereocenters. The van der Waals surface area contributed by atoms with Gasteiger partial charge in [0, 0.05) is 12.5 Å². The van der Waals surface area contributed by atoms with Crippen LogP contribution in [-0.2, 0) is 16.1 Å². The fourth-order valence-electron chi connectivity index (χ4n) is 4.92. The van der Waals surface area contributed by atoms with Crippen LogP contribution in [0.1, 0.15) is 50.3 Å². The molecule has 0 bridgehead atoms. The normalized spacial score (nSPS) is 16.6. The number of aromatic nitrogens is 1. The Balaban J connectivity index is 1.20. The second-order valence-electron chi connectivity index (χ2n) is 8.70. The maximum absolute atomic E-state index is 12.9. The third-order valence-electron chi connectivity index (χ3n) is 6.56. The van der Waals surface area contributed by atoms with Crippen LogP contribution in [0.3, 0.4) is 0 Å². The Kier molecular flexibility index (Phi) is 6.25. The molecular weight excluding hydrogens is 466 g/mol. The number of alkyl carbamates (subject to hydrolysis) is 1. The molecule has 0 spiro atoms. The number of carbonyl (C=O) groups is 3. The third kappa shape index (κ3) is 4.39. The largest absolute Gasteiger partial charge is 0.480 e. The molecule has 3 aromatic rings. The maximum Gasteiger partial charge on any atom is 0.407 e. The molecule has 2 aromatic carbocycles. The highest BCUT2D eigenvalue weighted by Crippen LogP contribution is 2.44. The Morgan fingerprint density at radius 2 is 1.77 bits per heavy atom. The lowest BCUT2D eigenvalue weighted by molar-refractivity contribution is -0.141. The average Bonchev–Trinajstić information content (AvgIpc) is 3.57. The van der Waals surface area contributed by atoms with Crippen LogP contribution in [0.4, 0.5) is 4.79 Å². The van der Waals surface area contributed by atoms with E-state index in [4.69, 9.17) is 4.74 Å². The van der Waals surface area contributed by atoms with Crippen molar-refractivity contribution < 1.29 is 24.2 Å². The second kappa shape index (κ2) is 9.50. The molecule has 35 heavy (non-hydrogen) atoms. The van der Waals surface area contributed by atoms with Crippen LogP contribution in [-0.4, -0.2) is 52.2 Å². The topological polar surface area (TPSA) is 109 Å². The van der Waals surface area contributed by atoms with Gasteiger partial charge in [0.2, 0.25) is 0 Å². The van der Waals surface area contributed by atoms with Gasteiger partial charge < -0.3 is 20.1 Å². The highest BCUT2D eigenvalue weighted by Gasteiger charge is 2.36. The number of carboxylic acids is 1. The van der Waals surface area contributed by atoms with Crippen LogP contribution in [0, 0.1) is 6.92 Å². The molecule has 5 rings (SSSR count). The number of hydrogen-bond acceptors (Lipinski definition) is 6. The number of amides is 2. The number of nitrogens with zero attached hydrogens (tertiary/aromatic N) is 2. The van der Waals surface area contributed by atoms with E-state index < -0.39 is 18.1 Å². The van der Waals surface area contributed by atoms with E-state index in [1.165, 1.54) is 16.2 Å². The number of nitrogens with one attached hydrogen (secondary N) is 1. The molecule has 180 valence electrons. The highest BCUT2D eigenvalue weighted by atomic mass is 32.1. The van der Waals surface area contributed by atoms with E-state index in [1.807, 2.05) is 24.3 Å². The minimum atomic E-state index is -0.991. The first kappa shape index (κ1) is 23.0. The van der Waals surface area contributed by atoms with Crippen molar-refractivity contribution in [3.8, 4) is 11.1 Å². The number of ether oxygens (including phenoxy) is 1. The molecule has 1 fully saturated rings. The molecule has 2 aliphatic rings. The lowest BCUT2D eigenvalue weighted by atomic mass is 9.98. The number of hydrogen-bond donors (Lipinski definition) is 2. The van der Waals surface area contributed by atoms with Gasteiger partial charge in [-0.2, -0.15) is 0 Å². The van der Waals surface area contributed by atoms with Gasteiger partial charge >= 0.3 is 12.1 Å². The molecule has 2 amide bonds. The smallest absolute Gasteiger partial charge is 0.407 e. The summed E-state index contributed by atoms with van der Waals surface area (Å²) in [6, 6.07) is 15.5. The van der Waals surface area contributed by atoms with Crippen LogP contribution in [0.25, 0.3) is 11.1 Å². The van der Waals surface area contributed by atoms with Crippen molar-refractivity contribution in [1.82, 2.24) is 15.2 Å². The number of carboxylic acid groups (broad SMARTS) is 1. The van der Waals surface area contributed by atoms with E-state index in [0.717, 1.165) is 22.3 Å². The maximum atomic E-state index is 12.9. The zero-order valence-electron chi connectivity index (χ0n) is 19.2. The standard InChI is InChI=1S/C26H25N3O5S/c1-15-23(24(30)29-12-6-11-21(29)25(31)32)35-22(28-15)13-27-26(33)34-14-20-18-9-4-2-7-16(18)17-8-3-5-10-19(17)20/h2-5,7-10,20-21H,6,11-14H2,1H3,(H,27,33)(H,31,32)/t21-/m1/s1. The van der Waals surface area contributed by atoms with Gasteiger partial charge in [0.1, 0.15) is 22.5 Å². The molecule has 9 heteroatoms. The van der Waals surface area contributed by atoms with Gasteiger partial charge in [-0.15, -0.1) is 11.3 Å². The zero-order valence-corrected chi connectivity index (χ0v) is 20.0. The molecule has 8 nitrogen and oxygen atoms in total. The molecule has 0 saturated carbocycles. The number of likely N-dealkylation sites (tertiary alicyclic amines) is 1. The van der Waals surface area contributed by atoms with Crippen LogP contribution in [0.2, 0.25) is 0 Å². The molecule has 0 radical (unpaired) electrons. The number of carbonyl (C=O) groups excluding carboxylic acids is 2. The predicted molar refractivity (Wildman–Crippen MR) is 130 cm³/mol. The quantitative estimate of drug-likeness (QED) is 0.536. The summed E-state index contributed by atoms with van der Waals surface area (Å²) >= 11 is 1.17. The second-order valence-corrected chi connectivity index (χ2v) is 9.78. The van der Waals surface area contributed by atoms with Crippen molar-refractivity contribution >= 4 is 29.3 Å². The van der Waals surface area contributed by atoms with Gasteiger partial charge in [0.15, 0.2) is 0 Å². The molecule has 1 atom stereocenters. The minimum Gasteiger partial charge on any atom is -0.480 e. The van der Waals surface area contributed by atoms with Gasteiger partial charge in [-0.25, -0.2) is 14.6 Å². The van der Waals surface area contributed by atoms with Crippen molar-refractivity contribution in [3.63, 3.8) is 0 Å². The predicted octanol–water partition coefficient (Wildman–Crippen LogP) is 4.18. The zero-order chi connectivity index (χ0) is 24.5. The fraction of sp³-hybridized carbons (Fsp3) is 0.308. The van der Waals surface area contributed by atoms with Crippen molar-refractivity contribution in [2.24, 2.45) is 0 Å². The lowest BCUT2D eigenvalue weighted by Crippen LogP contribution is -2.40. The molecule has 1 aliphatic heterocycles. The number of fused-ring (bicyclic) bond motifs is 3. The van der Waals surface area contributed by atoms with Crippen LogP contribution >= 0.6 is 11.3 Å². The van der Waals surface area contributed by atoms with Crippen molar-refractivity contribution in [2.75, 3.05) is 13.2 Å². The number of rotatable bonds is 6. The lowest BCUT2D eigenvalue weighted by Gasteiger charge is -2.20. The Morgan fingerprint density at radius 3 is 2.43 bits per heavy atom. The first-order valence-corrected chi connectivity index (χ1v) is 12.3. The van der Waals surface area contributed by atoms with Gasteiger partial charge in [0.25, 0.3) is 5.91 Å². The van der Waals surface area contributed by atoms with Gasteiger partial charge in [0.05, 0.1) is 12.2 Å². The summed E-state index contributed by atoms with van der Waals surface area (Å²) in [6.07, 6.45) is 0.560. The Bertz CT molecular complexity index is 1260. The van der Waals surface area contributed by atoms with E-state index in [-0.39, 0.29) is 25.0 Å². The van der Waals surface area contributed by atoms with E-state index in [2.05, 4.69) is 34.6 Å². The van der Waals surface area contributed by atoms with Crippen molar-refractivity contribution in [1.29, 1.82) is 0 Å². The first-order valence-electron chi connectivity index (χ1n) is 11.5. The molecular formula is C26H25N3O5S. The summed E-state index contributed by atoms with van der Waals surface area (Å²) in [5.74, 6) is -1.34. The fourth-order valence-corrected chi connectivity index (χ4v) is 5.88. The summed E-state index contributed by atoms with van der Waals surface area (Å²) in [6.45, 7) is 2.47. The summed E-state index contributed by atoms with van der Waals surface area (Å²) in [7, 11) is 0. The Labute approximate surface area is 206 Å². The first-order chi connectivity index (χ1) is 16.9. The van der Waals surface area contributed by atoms with E-state index in [0.29, 0.717) is 35.0 Å². The number of thiazole rings is 1. The van der Waals surface area contributed by atoms with Crippen molar-refractivity contribution in [3.05, 3.63) is 75.2 Å². The SMILES string of the molecule is Cc1nc(CNC(=O)OCC2c3ccccc3-c3ccccc32)sc1C(=O)N1CCC[C@@H]1C(=O)O. The Morgan fingerprint density at radius 1 is 1.11 bits per heavy atom. The van der Waals surface area contributed by atoms with E-state index in [9.17, 15) is 19.5 Å². The van der Waals surface area contributed by atoms with Gasteiger partial charge in [-0.3, -0.25) is 4.79 Å². The molecule has 2 N–H and O–H groups in total. The van der Waals surface area contributed by atoms with E-state index >= 15 is 0 Å². The van der Waals surface area contributed by atoms with Gasteiger partial charge in [-0.05, 0) is 42.0 Å². The average molecular weight is 492 g/mol. The number of benzene rings is 2. The number of aryl methyl sites for hydroxylation is 1. The summed E-state index contributed by atoms with van der Waals surface area (Å²) < 4.78 is 5.55. The van der Waals surface area contributed by atoms with Crippen LogP contribution < -0.4 is 5.32 Å².